The van der Waals surface area contributed by atoms with Crippen LogP contribution in [-0.2, 0) is 0 Å². The second-order valence-electron chi connectivity index (χ2n) is 5.77. The smallest absolute Gasteiger partial charge is 0.00399 e. The quantitative estimate of drug-likeness (QED) is 0.639. The van der Waals surface area contributed by atoms with Crippen LogP contribution in [0.15, 0.2) is 36.1 Å². The van der Waals surface area contributed by atoms with E-state index in [1.54, 1.807) is 0 Å². The van der Waals surface area contributed by atoms with Crippen molar-refractivity contribution in [2.45, 2.75) is 12.8 Å². The SMILES string of the molecule is C=CSCC1C=CC2C3CCC(C3CSC=C)C12. The molecule has 0 aromatic carbocycles. The van der Waals surface area contributed by atoms with Crippen LogP contribution in [0.2, 0.25) is 0 Å². The first kappa shape index (κ1) is 12.9. The summed E-state index contributed by atoms with van der Waals surface area (Å²) in [5, 5.41) is 4.02. The predicted octanol–water partition coefficient (Wildman–Crippen LogP) is 4.81. The van der Waals surface area contributed by atoms with Crippen LogP contribution in [0.4, 0.5) is 0 Å². The van der Waals surface area contributed by atoms with Gasteiger partial charge in [0, 0.05) is 11.5 Å². The second kappa shape index (κ2) is 5.50. The van der Waals surface area contributed by atoms with E-state index in [9.17, 15) is 0 Å². The number of allylic oxidation sites excluding steroid dienone is 2. The monoisotopic (exact) mass is 278 g/mol. The van der Waals surface area contributed by atoms with Gasteiger partial charge in [0.05, 0.1) is 0 Å². The Labute approximate surface area is 119 Å². The highest BCUT2D eigenvalue weighted by atomic mass is 32.2. The van der Waals surface area contributed by atoms with E-state index in [0.717, 1.165) is 35.5 Å². The summed E-state index contributed by atoms with van der Waals surface area (Å²) in [4.78, 5) is 0. The molecule has 0 spiro atoms. The minimum atomic E-state index is 0.810. The van der Waals surface area contributed by atoms with Crippen LogP contribution in [0.25, 0.3) is 0 Å². The molecule has 18 heavy (non-hydrogen) atoms. The Bertz CT molecular complexity index is 360. The lowest BCUT2D eigenvalue weighted by Gasteiger charge is -2.29. The van der Waals surface area contributed by atoms with Gasteiger partial charge in [-0.1, -0.05) is 25.3 Å². The van der Waals surface area contributed by atoms with E-state index in [0.29, 0.717) is 0 Å². The molecule has 3 aliphatic rings. The van der Waals surface area contributed by atoms with Gasteiger partial charge in [0.2, 0.25) is 0 Å². The van der Waals surface area contributed by atoms with Crippen molar-refractivity contribution in [1.29, 1.82) is 0 Å². The highest BCUT2D eigenvalue weighted by Crippen LogP contribution is 2.62. The molecule has 0 aromatic rings. The first-order chi connectivity index (χ1) is 8.86. The molecule has 2 saturated carbocycles. The van der Waals surface area contributed by atoms with Crippen LogP contribution in [0, 0.1) is 35.5 Å². The van der Waals surface area contributed by atoms with Crippen molar-refractivity contribution >= 4 is 23.5 Å². The Morgan fingerprint density at radius 3 is 2.50 bits per heavy atom. The van der Waals surface area contributed by atoms with E-state index in [4.69, 9.17) is 0 Å². The average Bonchev–Trinajstić information content (AvgIpc) is 3.04. The van der Waals surface area contributed by atoms with Crippen LogP contribution < -0.4 is 0 Å². The normalized spacial score (nSPS) is 44.2. The van der Waals surface area contributed by atoms with Gasteiger partial charge in [-0.25, -0.2) is 0 Å². The lowest BCUT2D eigenvalue weighted by atomic mass is 9.77. The maximum atomic E-state index is 3.85. The molecule has 0 aliphatic heterocycles. The summed E-state index contributed by atoms with van der Waals surface area (Å²) in [6, 6.07) is 0. The molecule has 0 N–H and O–H groups in total. The lowest BCUT2D eigenvalue weighted by molar-refractivity contribution is 0.239. The molecule has 98 valence electrons. The number of thioether (sulfide) groups is 2. The van der Waals surface area contributed by atoms with Gasteiger partial charge in [-0.05, 0) is 59.2 Å². The van der Waals surface area contributed by atoms with Gasteiger partial charge in [-0.2, -0.15) is 0 Å². The van der Waals surface area contributed by atoms with E-state index in [1.165, 1.54) is 24.3 Å². The molecule has 0 heterocycles. The summed E-state index contributed by atoms with van der Waals surface area (Å²) in [6.45, 7) is 7.69. The zero-order valence-corrected chi connectivity index (χ0v) is 12.5. The third-order valence-electron chi connectivity index (χ3n) is 5.25. The van der Waals surface area contributed by atoms with E-state index in [-0.39, 0.29) is 0 Å². The fourth-order valence-corrected chi connectivity index (χ4v) is 6.25. The van der Waals surface area contributed by atoms with Crippen LogP contribution in [0.1, 0.15) is 12.8 Å². The summed E-state index contributed by atoms with van der Waals surface area (Å²) >= 11 is 3.82. The molecular formula is C16H22S2. The topological polar surface area (TPSA) is 0 Å². The maximum Gasteiger partial charge on any atom is 0.00399 e. The Balaban J connectivity index is 1.70. The van der Waals surface area contributed by atoms with Crippen LogP contribution in [0.5, 0.6) is 0 Å². The van der Waals surface area contributed by atoms with Crippen molar-refractivity contribution in [1.82, 2.24) is 0 Å². The van der Waals surface area contributed by atoms with Crippen LogP contribution in [-0.4, -0.2) is 11.5 Å². The number of rotatable bonds is 6. The van der Waals surface area contributed by atoms with E-state index in [2.05, 4.69) is 25.3 Å². The molecule has 0 nitrogen and oxygen atoms in total. The van der Waals surface area contributed by atoms with Crippen molar-refractivity contribution in [2.24, 2.45) is 35.5 Å². The molecule has 6 atom stereocenters. The maximum absolute atomic E-state index is 3.85. The van der Waals surface area contributed by atoms with Crippen LogP contribution in [0.3, 0.4) is 0 Å². The van der Waals surface area contributed by atoms with E-state index >= 15 is 0 Å². The molecule has 0 aromatic heterocycles. The van der Waals surface area contributed by atoms with Crippen LogP contribution >= 0.6 is 23.5 Å². The van der Waals surface area contributed by atoms with Gasteiger partial charge in [0.1, 0.15) is 0 Å². The minimum Gasteiger partial charge on any atom is -0.134 e. The molecule has 2 heteroatoms. The van der Waals surface area contributed by atoms with Gasteiger partial charge in [-0.15, -0.1) is 23.5 Å². The number of hydrogen-bond acceptors (Lipinski definition) is 2. The zero-order valence-electron chi connectivity index (χ0n) is 10.8. The van der Waals surface area contributed by atoms with Gasteiger partial charge in [0.15, 0.2) is 0 Å². The molecule has 3 rings (SSSR count). The third kappa shape index (κ3) is 2.02. The van der Waals surface area contributed by atoms with Gasteiger partial charge in [-0.3, -0.25) is 0 Å². The summed E-state index contributed by atoms with van der Waals surface area (Å²) in [5.41, 5.74) is 0. The Morgan fingerprint density at radius 2 is 1.72 bits per heavy atom. The second-order valence-corrected chi connectivity index (χ2v) is 7.77. The zero-order chi connectivity index (χ0) is 12.5. The Hall–Kier alpha value is -0.0800. The number of hydrogen-bond donors (Lipinski definition) is 0. The van der Waals surface area contributed by atoms with Gasteiger partial charge < -0.3 is 0 Å². The van der Waals surface area contributed by atoms with Crippen molar-refractivity contribution < 1.29 is 0 Å². The Morgan fingerprint density at radius 1 is 1.00 bits per heavy atom. The van der Waals surface area contributed by atoms with Crippen molar-refractivity contribution in [3.05, 3.63) is 36.1 Å². The predicted molar refractivity (Wildman–Crippen MR) is 84.6 cm³/mol. The molecule has 0 amide bonds. The average molecular weight is 278 g/mol. The molecule has 2 bridgehead atoms. The van der Waals surface area contributed by atoms with E-state index < -0.39 is 0 Å². The fraction of sp³-hybridized carbons (Fsp3) is 0.625. The Kier molecular flexibility index (Phi) is 3.95. The molecular weight excluding hydrogens is 256 g/mol. The standard InChI is InChI=1S/C16H22S2/c1-3-17-9-11-5-6-13-12-7-8-14(16(11)13)15(12)10-18-4-2/h3-6,11-16H,1-2,7-10H2. The molecule has 2 fully saturated rings. The minimum absolute atomic E-state index is 0.810. The van der Waals surface area contributed by atoms with Crippen molar-refractivity contribution in [3.8, 4) is 0 Å². The fourth-order valence-electron chi connectivity index (χ4n) is 4.70. The summed E-state index contributed by atoms with van der Waals surface area (Å²) in [5.74, 6) is 8.13. The van der Waals surface area contributed by atoms with Gasteiger partial charge in [0.25, 0.3) is 0 Å². The molecule has 0 radical (unpaired) electrons. The molecule has 3 aliphatic carbocycles. The first-order valence-corrected chi connectivity index (χ1v) is 9.10. The molecule has 6 unspecified atom stereocenters. The molecule has 0 saturated heterocycles. The third-order valence-corrected chi connectivity index (χ3v) is 6.88. The van der Waals surface area contributed by atoms with E-state index in [1.807, 2.05) is 34.3 Å². The lowest BCUT2D eigenvalue weighted by Crippen LogP contribution is -2.24. The first-order valence-electron chi connectivity index (χ1n) is 7.00. The largest absolute Gasteiger partial charge is 0.134 e. The highest BCUT2D eigenvalue weighted by Gasteiger charge is 2.56. The highest BCUT2D eigenvalue weighted by molar-refractivity contribution is 8.02. The summed E-state index contributed by atoms with van der Waals surface area (Å²) < 4.78 is 0. The summed E-state index contributed by atoms with van der Waals surface area (Å²) in [6.07, 6.45) is 8.01. The van der Waals surface area contributed by atoms with Crippen molar-refractivity contribution in [3.63, 3.8) is 0 Å². The van der Waals surface area contributed by atoms with Gasteiger partial charge >= 0.3 is 0 Å². The number of fused-ring (bicyclic) bond motifs is 5. The van der Waals surface area contributed by atoms with Crippen molar-refractivity contribution in [2.75, 3.05) is 11.5 Å². The summed E-state index contributed by atoms with van der Waals surface area (Å²) in [7, 11) is 0.